The Hall–Kier alpha value is -4.61. The molecular formula is C23H24N8O4. The topological polar surface area (TPSA) is 148 Å². The largest absolute Gasteiger partial charge is 0.456 e. The van der Waals surface area contributed by atoms with Crippen molar-refractivity contribution >= 4 is 40.8 Å². The highest BCUT2D eigenvalue weighted by molar-refractivity contribution is 6.05. The molecule has 1 fully saturated rings. The predicted octanol–water partition coefficient (Wildman–Crippen LogP) is 3.50. The van der Waals surface area contributed by atoms with E-state index in [0.717, 1.165) is 12.8 Å². The van der Waals surface area contributed by atoms with Crippen molar-refractivity contribution < 1.29 is 18.7 Å². The third-order valence-corrected chi connectivity index (χ3v) is 5.46. The van der Waals surface area contributed by atoms with Crippen molar-refractivity contribution in [3.63, 3.8) is 0 Å². The van der Waals surface area contributed by atoms with Gasteiger partial charge in [0.2, 0.25) is 11.9 Å². The normalized spacial score (nSPS) is 12.9. The smallest absolute Gasteiger partial charge is 0.295 e. The van der Waals surface area contributed by atoms with Crippen LogP contribution in [0.1, 0.15) is 29.1 Å². The van der Waals surface area contributed by atoms with Crippen LogP contribution in [0.25, 0.3) is 5.65 Å². The van der Waals surface area contributed by atoms with Gasteiger partial charge in [0.25, 0.3) is 11.9 Å². The number of anilines is 4. The van der Waals surface area contributed by atoms with Gasteiger partial charge < -0.3 is 25.1 Å². The van der Waals surface area contributed by atoms with Gasteiger partial charge in [-0.3, -0.25) is 14.9 Å². The average Bonchev–Trinajstić information content (AvgIpc) is 3.52. The van der Waals surface area contributed by atoms with Crippen LogP contribution < -0.4 is 26.0 Å². The molecule has 0 atom stereocenters. The van der Waals surface area contributed by atoms with E-state index in [1.807, 2.05) is 0 Å². The second kappa shape index (κ2) is 8.97. The summed E-state index contributed by atoms with van der Waals surface area (Å²) in [7, 11) is 3.42. The van der Waals surface area contributed by atoms with Crippen LogP contribution in [0.5, 0.6) is 11.5 Å². The van der Waals surface area contributed by atoms with E-state index in [1.165, 1.54) is 4.52 Å². The summed E-state index contributed by atoms with van der Waals surface area (Å²) in [6.45, 7) is 1.67. The molecule has 35 heavy (non-hydrogen) atoms. The Bertz CT molecular complexity index is 1420. The first kappa shape index (κ1) is 22.2. The minimum Gasteiger partial charge on any atom is -0.456 e. The van der Waals surface area contributed by atoms with Crippen molar-refractivity contribution in [2.24, 2.45) is 5.92 Å². The van der Waals surface area contributed by atoms with Crippen molar-refractivity contribution in [2.75, 3.05) is 35.4 Å². The lowest BCUT2D eigenvalue weighted by Crippen LogP contribution is -2.15. The van der Waals surface area contributed by atoms with Crippen molar-refractivity contribution in [1.29, 1.82) is 0 Å². The number of nitrogens with one attached hydrogen (secondary N) is 4. The Morgan fingerprint density at radius 2 is 1.83 bits per heavy atom. The molecule has 0 unspecified atom stereocenters. The SMILES string of the molecule is CNc1nc(C(=O)Nc2cc(Oc3ccc4nc(NC(=O)C5CC5)nn4c3)ccc2NC)c(C)o1. The summed E-state index contributed by atoms with van der Waals surface area (Å²) in [6, 6.07) is 9.02. The first-order valence-electron chi connectivity index (χ1n) is 11.1. The van der Waals surface area contributed by atoms with Crippen molar-refractivity contribution in [3.8, 4) is 11.5 Å². The molecule has 3 aromatic heterocycles. The number of benzene rings is 1. The van der Waals surface area contributed by atoms with Gasteiger partial charge in [0.05, 0.1) is 17.6 Å². The van der Waals surface area contributed by atoms with Crippen LogP contribution in [0.15, 0.2) is 40.9 Å². The predicted molar refractivity (Wildman–Crippen MR) is 129 cm³/mol. The maximum absolute atomic E-state index is 12.8. The fourth-order valence-electron chi connectivity index (χ4n) is 3.48. The van der Waals surface area contributed by atoms with E-state index in [0.29, 0.717) is 34.3 Å². The number of rotatable bonds is 8. The maximum Gasteiger partial charge on any atom is 0.295 e. The Labute approximate surface area is 200 Å². The highest BCUT2D eigenvalue weighted by atomic mass is 16.5. The van der Waals surface area contributed by atoms with E-state index in [9.17, 15) is 9.59 Å². The quantitative estimate of drug-likeness (QED) is 0.300. The van der Waals surface area contributed by atoms with Gasteiger partial charge in [-0.1, -0.05) is 0 Å². The number of aryl methyl sites for hydroxylation is 1. The lowest BCUT2D eigenvalue weighted by Gasteiger charge is -2.13. The summed E-state index contributed by atoms with van der Waals surface area (Å²) in [5.74, 6) is 1.25. The second-order valence-electron chi connectivity index (χ2n) is 8.05. The number of amides is 2. The monoisotopic (exact) mass is 476 g/mol. The highest BCUT2D eigenvalue weighted by Crippen LogP contribution is 2.31. The summed E-state index contributed by atoms with van der Waals surface area (Å²) >= 11 is 0. The van der Waals surface area contributed by atoms with Gasteiger partial charge in [-0.15, -0.1) is 5.10 Å². The zero-order valence-corrected chi connectivity index (χ0v) is 19.4. The van der Waals surface area contributed by atoms with Crippen molar-refractivity contribution in [1.82, 2.24) is 19.6 Å². The molecule has 1 saturated carbocycles. The maximum atomic E-state index is 12.8. The standard InChI is InChI=1S/C23H24N8O4/c1-12-19(28-23(25-3)34-12)21(33)26-17-10-14(6-8-16(17)24-2)35-15-7-9-18-27-22(30-31(18)11-15)29-20(32)13-4-5-13/h6-11,13,24H,4-5H2,1-3H3,(H,25,28)(H,26,33)(H,29,30,32). The van der Waals surface area contributed by atoms with Gasteiger partial charge in [0.15, 0.2) is 11.3 Å². The Balaban J connectivity index is 1.34. The third kappa shape index (κ3) is 4.71. The lowest BCUT2D eigenvalue weighted by atomic mass is 10.2. The molecule has 0 bridgehead atoms. The number of fused-ring (bicyclic) bond motifs is 1. The van der Waals surface area contributed by atoms with E-state index in [4.69, 9.17) is 9.15 Å². The van der Waals surface area contributed by atoms with Gasteiger partial charge >= 0.3 is 0 Å². The van der Waals surface area contributed by atoms with E-state index in [1.54, 1.807) is 57.5 Å². The summed E-state index contributed by atoms with van der Waals surface area (Å²) in [5, 5.41) is 15.7. The minimum absolute atomic E-state index is 0.0559. The molecule has 1 aromatic carbocycles. The summed E-state index contributed by atoms with van der Waals surface area (Å²) < 4.78 is 12.9. The molecule has 0 aliphatic heterocycles. The van der Waals surface area contributed by atoms with Crippen LogP contribution >= 0.6 is 0 Å². The number of hydrogen-bond acceptors (Lipinski definition) is 9. The summed E-state index contributed by atoms with van der Waals surface area (Å²) in [4.78, 5) is 33.2. The fourth-order valence-corrected chi connectivity index (χ4v) is 3.48. The molecule has 1 aliphatic rings. The van der Waals surface area contributed by atoms with Crippen LogP contribution in [0.4, 0.5) is 23.3 Å². The van der Waals surface area contributed by atoms with Gasteiger partial charge in [0.1, 0.15) is 17.3 Å². The lowest BCUT2D eigenvalue weighted by molar-refractivity contribution is -0.117. The number of oxazole rings is 1. The summed E-state index contributed by atoms with van der Waals surface area (Å²) in [5.41, 5.74) is 1.97. The van der Waals surface area contributed by atoms with Gasteiger partial charge in [0, 0.05) is 26.1 Å². The number of aromatic nitrogens is 4. The first-order chi connectivity index (χ1) is 16.9. The van der Waals surface area contributed by atoms with Crippen LogP contribution in [0, 0.1) is 12.8 Å². The number of hydrogen-bond donors (Lipinski definition) is 4. The van der Waals surface area contributed by atoms with Crippen LogP contribution in [-0.2, 0) is 4.79 Å². The van der Waals surface area contributed by atoms with Crippen molar-refractivity contribution in [3.05, 3.63) is 48.0 Å². The molecule has 0 radical (unpaired) electrons. The molecule has 3 heterocycles. The molecule has 4 N–H and O–H groups in total. The van der Waals surface area contributed by atoms with E-state index < -0.39 is 5.91 Å². The number of ether oxygens (including phenoxy) is 1. The average molecular weight is 476 g/mol. The molecule has 180 valence electrons. The zero-order valence-electron chi connectivity index (χ0n) is 19.4. The Morgan fingerprint density at radius 1 is 1.03 bits per heavy atom. The number of pyridine rings is 1. The van der Waals surface area contributed by atoms with Crippen molar-refractivity contribution in [2.45, 2.75) is 19.8 Å². The molecule has 1 aliphatic carbocycles. The molecule has 12 nitrogen and oxygen atoms in total. The fraction of sp³-hybridized carbons (Fsp3) is 0.261. The second-order valence-corrected chi connectivity index (χ2v) is 8.05. The van der Waals surface area contributed by atoms with Gasteiger partial charge in [-0.25, -0.2) is 4.52 Å². The van der Waals surface area contributed by atoms with Crippen LogP contribution in [-0.4, -0.2) is 45.5 Å². The third-order valence-electron chi connectivity index (χ3n) is 5.46. The van der Waals surface area contributed by atoms with Gasteiger partial charge in [-0.05, 0) is 44.0 Å². The van der Waals surface area contributed by atoms with Gasteiger partial charge in [-0.2, -0.15) is 9.97 Å². The molecule has 0 saturated heterocycles. The number of carbonyl (C=O) groups excluding carboxylic acids is 2. The number of nitrogens with zero attached hydrogens (tertiary/aromatic N) is 4. The Morgan fingerprint density at radius 3 is 2.54 bits per heavy atom. The van der Waals surface area contributed by atoms with E-state index in [-0.39, 0.29) is 29.5 Å². The van der Waals surface area contributed by atoms with Crippen LogP contribution in [0.3, 0.4) is 0 Å². The van der Waals surface area contributed by atoms with E-state index in [2.05, 4.69) is 36.3 Å². The molecule has 4 aromatic rings. The molecule has 5 rings (SSSR count). The molecule has 12 heteroatoms. The molecule has 0 spiro atoms. The highest BCUT2D eigenvalue weighted by Gasteiger charge is 2.30. The van der Waals surface area contributed by atoms with E-state index >= 15 is 0 Å². The summed E-state index contributed by atoms with van der Waals surface area (Å²) in [6.07, 6.45) is 3.47. The Kier molecular flexibility index (Phi) is 5.69. The number of carbonyl (C=O) groups is 2. The first-order valence-corrected chi connectivity index (χ1v) is 11.1. The molecule has 2 amide bonds. The van der Waals surface area contributed by atoms with Crippen LogP contribution in [0.2, 0.25) is 0 Å². The zero-order chi connectivity index (χ0) is 24.5. The molecular weight excluding hydrogens is 452 g/mol. The minimum atomic E-state index is -0.411.